The maximum Gasteiger partial charge on any atom is 0.131 e. The Bertz CT molecular complexity index is 529. The van der Waals surface area contributed by atoms with Gasteiger partial charge in [0.05, 0.1) is 5.88 Å². The van der Waals surface area contributed by atoms with Crippen molar-refractivity contribution in [2.45, 2.75) is 5.88 Å². The average molecular weight is 376 g/mol. The lowest BCUT2D eigenvalue weighted by atomic mass is 10.2. The number of alkyl halides is 1. The smallest absolute Gasteiger partial charge is 0.131 e. The molecule has 0 unspecified atom stereocenters. The van der Waals surface area contributed by atoms with Gasteiger partial charge in [-0.15, -0.1) is 11.6 Å². The van der Waals surface area contributed by atoms with Gasteiger partial charge in [0.2, 0.25) is 0 Å². The maximum atomic E-state index is 5.89. The molecule has 0 heterocycles. The number of halogens is 3. The van der Waals surface area contributed by atoms with Crippen LogP contribution in [0.3, 0.4) is 0 Å². The van der Waals surface area contributed by atoms with Gasteiger partial charge in [-0.2, -0.15) is 0 Å². The summed E-state index contributed by atoms with van der Waals surface area (Å²) in [4.78, 5) is 0. The van der Waals surface area contributed by atoms with Crippen LogP contribution in [-0.4, -0.2) is 0 Å². The minimum atomic E-state index is 0.419. The van der Waals surface area contributed by atoms with Crippen molar-refractivity contribution in [1.29, 1.82) is 0 Å². The Morgan fingerprint density at radius 1 is 1.00 bits per heavy atom. The molecular formula is C13H9Br2ClO. The molecule has 0 saturated carbocycles. The molecule has 0 saturated heterocycles. The second-order valence-electron chi connectivity index (χ2n) is 3.45. The number of ether oxygens (including phenoxy) is 1. The van der Waals surface area contributed by atoms with Crippen molar-refractivity contribution >= 4 is 43.5 Å². The lowest BCUT2D eigenvalue weighted by molar-refractivity contribution is 0.478. The zero-order valence-corrected chi connectivity index (χ0v) is 12.7. The minimum absolute atomic E-state index is 0.419. The van der Waals surface area contributed by atoms with Crippen LogP contribution in [0.5, 0.6) is 11.5 Å². The normalized spacial score (nSPS) is 10.3. The van der Waals surface area contributed by atoms with Crippen molar-refractivity contribution in [3.05, 3.63) is 57.0 Å². The van der Waals surface area contributed by atoms with Gasteiger partial charge in [-0.3, -0.25) is 0 Å². The van der Waals surface area contributed by atoms with Crippen molar-refractivity contribution in [3.63, 3.8) is 0 Å². The topological polar surface area (TPSA) is 9.23 Å². The molecule has 0 spiro atoms. The number of benzene rings is 2. The first-order chi connectivity index (χ1) is 8.19. The molecule has 1 nitrogen and oxygen atoms in total. The van der Waals surface area contributed by atoms with Crippen LogP contribution in [-0.2, 0) is 5.88 Å². The molecule has 2 aromatic carbocycles. The standard InChI is InChI=1S/C13H9Br2ClO/c14-10-2-1-3-12(7-10)17-13-5-4-11(15)6-9(13)8-16/h1-7H,8H2. The molecule has 0 aliphatic carbocycles. The molecule has 0 N–H and O–H groups in total. The molecule has 2 aromatic rings. The van der Waals surface area contributed by atoms with Crippen LogP contribution >= 0.6 is 43.5 Å². The summed E-state index contributed by atoms with van der Waals surface area (Å²) in [5.74, 6) is 1.98. The van der Waals surface area contributed by atoms with E-state index in [2.05, 4.69) is 31.9 Å². The highest BCUT2D eigenvalue weighted by Crippen LogP contribution is 2.30. The van der Waals surface area contributed by atoms with E-state index >= 15 is 0 Å². The predicted molar refractivity (Wildman–Crippen MR) is 77.9 cm³/mol. The Balaban J connectivity index is 2.29. The molecule has 17 heavy (non-hydrogen) atoms. The lowest BCUT2D eigenvalue weighted by Gasteiger charge is -2.10. The molecule has 0 radical (unpaired) electrons. The van der Waals surface area contributed by atoms with Gasteiger partial charge in [-0.25, -0.2) is 0 Å². The molecule has 0 bridgehead atoms. The van der Waals surface area contributed by atoms with E-state index in [4.69, 9.17) is 16.3 Å². The lowest BCUT2D eigenvalue weighted by Crippen LogP contribution is -1.89. The van der Waals surface area contributed by atoms with Gasteiger partial charge in [-0.05, 0) is 36.4 Å². The largest absolute Gasteiger partial charge is 0.457 e. The molecule has 88 valence electrons. The van der Waals surface area contributed by atoms with Gasteiger partial charge in [0.1, 0.15) is 11.5 Å². The molecule has 0 aromatic heterocycles. The Hall–Kier alpha value is -0.510. The number of hydrogen-bond acceptors (Lipinski definition) is 1. The molecule has 0 atom stereocenters. The van der Waals surface area contributed by atoms with Crippen LogP contribution in [0.25, 0.3) is 0 Å². The fraction of sp³-hybridized carbons (Fsp3) is 0.0769. The van der Waals surface area contributed by atoms with Crippen LogP contribution in [0, 0.1) is 0 Å². The van der Waals surface area contributed by atoms with Crippen LogP contribution in [0.2, 0.25) is 0 Å². The molecule has 0 amide bonds. The van der Waals surface area contributed by atoms with E-state index in [1.54, 1.807) is 0 Å². The van der Waals surface area contributed by atoms with Crippen molar-refractivity contribution in [3.8, 4) is 11.5 Å². The maximum absolute atomic E-state index is 5.89. The van der Waals surface area contributed by atoms with Crippen LogP contribution in [0.4, 0.5) is 0 Å². The minimum Gasteiger partial charge on any atom is -0.457 e. The van der Waals surface area contributed by atoms with Crippen LogP contribution in [0.1, 0.15) is 5.56 Å². The van der Waals surface area contributed by atoms with Crippen molar-refractivity contribution < 1.29 is 4.74 Å². The van der Waals surface area contributed by atoms with Gasteiger partial charge in [-0.1, -0.05) is 37.9 Å². The Kier molecular flexibility index (Phi) is 4.48. The molecule has 0 aliphatic rings. The summed E-state index contributed by atoms with van der Waals surface area (Å²) in [7, 11) is 0. The SMILES string of the molecule is ClCc1cc(Br)ccc1Oc1cccc(Br)c1. The van der Waals surface area contributed by atoms with Crippen LogP contribution in [0.15, 0.2) is 51.4 Å². The van der Waals surface area contributed by atoms with Crippen molar-refractivity contribution in [1.82, 2.24) is 0 Å². The summed E-state index contributed by atoms with van der Waals surface area (Å²) in [6.45, 7) is 0. The first-order valence-electron chi connectivity index (χ1n) is 4.97. The van der Waals surface area contributed by atoms with E-state index in [-0.39, 0.29) is 0 Å². The quantitative estimate of drug-likeness (QED) is 0.621. The summed E-state index contributed by atoms with van der Waals surface area (Å²) >= 11 is 12.7. The summed E-state index contributed by atoms with van der Waals surface area (Å²) < 4.78 is 7.78. The fourth-order valence-corrected chi connectivity index (χ4v) is 2.41. The first-order valence-corrected chi connectivity index (χ1v) is 7.09. The third-order valence-electron chi connectivity index (χ3n) is 2.19. The number of rotatable bonds is 3. The fourth-order valence-electron chi connectivity index (χ4n) is 1.41. The Morgan fingerprint density at radius 3 is 2.47 bits per heavy atom. The van der Waals surface area contributed by atoms with Gasteiger partial charge in [0, 0.05) is 14.5 Å². The van der Waals surface area contributed by atoms with Gasteiger partial charge in [0.15, 0.2) is 0 Å². The highest BCUT2D eigenvalue weighted by atomic mass is 79.9. The third-order valence-corrected chi connectivity index (χ3v) is 3.46. The zero-order chi connectivity index (χ0) is 12.3. The van der Waals surface area contributed by atoms with E-state index < -0.39 is 0 Å². The van der Waals surface area contributed by atoms with E-state index in [1.165, 1.54) is 0 Å². The van der Waals surface area contributed by atoms with E-state index in [9.17, 15) is 0 Å². The van der Waals surface area contributed by atoms with E-state index in [0.717, 1.165) is 26.0 Å². The summed E-state index contributed by atoms with van der Waals surface area (Å²) in [6.07, 6.45) is 0. The van der Waals surface area contributed by atoms with Gasteiger partial charge < -0.3 is 4.74 Å². The summed E-state index contributed by atoms with van der Waals surface area (Å²) in [6, 6.07) is 13.5. The summed E-state index contributed by atoms with van der Waals surface area (Å²) in [5, 5.41) is 0. The molecular weight excluding hydrogens is 367 g/mol. The van der Waals surface area contributed by atoms with Gasteiger partial charge in [0.25, 0.3) is 0 Å². The molecule has 0 aliphatic heterocycles. The molecule has 4 heteroatoms. The third kappa shape index (κ3) is 3.47. The Morgan fingerprint density at radius 2 is 1.76 bits per heavy atom. The monoisotopic (exact) mass is 374 g/mol. The average Bonchev–Trinajstić information content (AvgIpc) is 2.31. The number of hydrogen-bond donors (Lipinski definition) is 0. The molecule has 0 fully saturated rings. The highest BCUT2D eigenvalue weighted by Gasteiger charge is 2.05. The van der Waals surface area contributed by atoms with E-state index in [1.807, 2.05) is 42.5 Å². The second kappa shape index (κ2) is 5.89. The molecule has 2 rings (SSSR count). The van der Waals surface area contributed by atoms with Gasteiger partial charge >= 0.3 is 0 Å². The van der Waals surface area contributed by atoms with Crippen LogP contribution < -0.4 is 4.74 Å². The highest BCUT2D eigenvalue weighted by molar-refractivity contribution is 9.10. The van der Waals surface area contributed by atoms with Crippen molar-refractivity contribution in [2.24, 2.45) is 0 Å². The van der Waals surface area contributed by atoms with E-state index in [0.29, 0.717) is 5.88 Å². The van der Waals surface area contributed by atoms with Crippen molar-refractivity contribution in [2.75, 3.05) is 0 Å². The second-order valence-corrected chi connectivity index (χ2v) is 5.54. The Labute approximate surface area is 122 Å². The zero-order valence-electron chi connectivity index (χ0n) is 8.79. The summed E-state index contributed by atoms with van der Waals surface area (Å²) in [5.41, 5.74) is 0.959. The first kappa shape index (κ1) is 12.9. The predicted octanol–water partition coefficient (Wildman–Crippen LogP) is 5.74.